The Hall–Kier alpha value is -1.09. The molecule has 1 heterocycles. The molecule has 0 saturated heterocycles. The lowest BCUT2D eigenvalue weighted by Gasteiger charge is -2.10. The van der Waals surface area contributed by atoms with E-state index in [4.69, 9.17) is 4.74 Å². The Morgan fingerprint density at radius 2 is 2.27 bits per heavy atom. The van der Waals surface area contributed by atoms with Crippen LogP contribution in [0.15, 0.2) is 18.3 Å². The summed E-state index contributed by atoms with van der Waals surface area (Å²) in [5.41, 5.74) is 1.12. The van der Waals surface area contributed by atoms with Crippen LogP contribution in [0.4, 0.5) is 5.82 Å². The molecule has 0 aliphatic carbocycles. The first-order valence-electron chi connectivity index (χ1n) is 5.49. The van der Waals surface area contributed by atoms with Gasteiger partial charge < -0.3 is 10.1 Å². The summed E-state index contributed by atoms with van der Waals surface area (Å²) in [6.45, 7) is 8.67. The maximum atomic E-state index is 5.59. The van der Waals surface area contributed by atoms with E-state index in [1.807, 2.05) is 12.1 Å². The summed E-state index contributed by atoms with van der Waals surface area (Å²) < 4.78 is 5.59. The minimum Gasteiger partial charge on any atom is -0.376 e. The zero-order valence-corrected chi connectivity index (χ0v) is 9.79. The van der Waals surface area contributed by atoms with E-state index in [-0.39, 0.29) is 0 Å². The molecule has 3 nitrogen and oxygen atoms in total. The molecule has 1 aromatic heterocycles. The fourth-order valence-corrected chi connectivity index (χ4v) is 1.29. The lowest BCUT2D eigenvalue weighted by Crippen LogP contribution is -2.06. The predicted octanol–water partition coefficient (Wildman–Crippen LogP) is 2.69. The average Bonchev–Trinajstić information content (AvgIpc) is 2.20. The molecular weight excluding hydrogens is 188 g/mol. The lowest BCUT2D eigenvalue weighted by molar-refractivity contribution is 0.0972. The number of nitrogens with one attached hydrogen (secondary N) is 1. The van der Waals surface area contributed by atoms with Gasteiger partial charge in [0.1, 0.15) is 5.82 Å². The fraction of sp³-hybridized carbons (Fsp3) is 0.583. The number of ether oxygens (including phenoxy) is 1. The van der Waals surface area contributed by atoms with Crippen molar-refractivity contribution in [1.82, 2.24) is 4.98 Å². The standard InChI is InChI=1S/C12H20N2O/c1-4-13-12-11(6-5-7-14-12)9-15-8-10(2)3/h5-7,10H,4,8-9H2,1-3H3,(H,13,14). The van der Waals surface area contributed by atoms with Crippen LogP contribution in [0.1, 0.15) is 26.3 Å². The van der Waals surface area contributed by atoms with Crippen molar-refractivity contribution in [2.24, 2.45) is 5.92 Å². The highest BCUT2D eigenvalue weighted by Crippen LogP contribution is 2.12. The fourth-order valence-electron chi connectivity index (χ4n) is 1.29. The van der Waals surface area contributed by atoms with Crippen molar-refractivity contribution in [2.75, 3.05) is 18.5 Å². The smallest absolute Gasteiger partial charge is 0.131 e. The van der Waals surface area contributed by atoms with Crippen LogP contribution >= 0.6 is 0 Å². The zero-order valence-electron chi connectivity index (χ0n) is 9.79. The highest BCUT2D eigenvalue weighted by Gasteiger charge is 2.02. The molecule has 0 radical (unpaired) electrons. The van der Waals surface area contributed by atoms with Gasteiger partial charge in [-0.05, 0) is 18.9 Å². The summed E-state index contributed by atoms with van der Waals surface area (Å²) >= 11 is 0. The SMILES string of the molecule is CCNc1ncccc1COCC(C)C. The second-order valence-electron chi connectivity index (χ2n) is 3.95. The molecule has 0 fully saturated rings. The third kappa shape index (κ3) is 4.30. The van der Waals surface area contributed by atoms with Gasteiger partial charge in [-0.3, -0.25) is 0 Å². The third-order valence-electron chi connectivity index (χ3n) is 1.94. The Morgan fingerprint density at radius 1 is 1.47 bits per heavy atom. The van der Waals surface area contributed by atoms with Gasteiger partial charge in [-0.25, -0.2) is 4.98 Å². The van der Waals surface area contributed by atoms with Crippen molar-refractivity contribution < 1.29 is 4.74 Å². The van der Waals surface area contributed by atoms with E-state index in [1.165, 1.54) is 0 Å². The monoisotopic (exact) mass is 208 g/mol. The number of pyridine rings is 1. The number of anilines is 1. The summed E-state index contributed by atoms with van der Waals surface area (Å²) in [6, 6.07) is 3.99. The molecule has 0 spiro atoms. The normalized spacial score (nSPS) is 10.7. The van der Waals surface area contributed by atoms with Crippen LogP contribution in [0.25, 0.3) is 0 Å². The first kappa shape index (κ1) is 12.0. The minimum atomic E-state index is 0.573. The highest BCUT2D eigenvalue weighted by molar-refractivity contribution is 5.42. The van der Waals surface area contributed by atoms with Gasteiger partial charge >= 0.3 is 0 Å². The zero-order chi connectivity index (χ0) is 11.1. The van der Waals surface area contributed by atoms with Gasteiger partial charge in [0.2, 0.25) is 0 Å². The Balaban J connectivity index is 2.51. The Labute approximate surface area is 91.9 Å². The van der Waals surface area contributed by atoms with Crippen molar-refractivity contribution >= 4 is 5.82 Å². The first-order chi connectivity index (χ1) is 7.24. The van der Waals surface area contributed by atoms with Crippen molar-refractivity contribution in [2.45, 2.75) is 27.4 Å². The Kier molecular flexibility index (Phi) is 5.12. The molecule has 84 valence electrons. The molecule has 1 rings (SSSR count). The molecule has 15 heavy (non-hydrogen) atoms. The van der Waals surface area contributed by atoms with E-state index in [2.05, 4.69) is 31.1 Å². The molecule has 0 bridgehead atoms. The number of hydrogen-bond donors (Lipinski definition) is 1. The average molecular weight is 208 g/mol. The van der Waals surface area contributed by atoms with E-state index in [9.17, 15) is 0 Å². The molecule has 0 atom stereocenters. The van der Waals surface area contributed by atoms with E-state index in [0.717, 1.165) is 24.5 Å². The van der Waals surface area contributed by atoms with Crippen molar-refractivity contribution in [3.8, 4) is 0 Å². The molecule has 0 unspecified atom stereocenters. The van der Waals surface area contributed by atoms with Crippen LogP contribution in [0.3, 0.4) is 0 Å². The third-order valence-corrected chi connectivity index (χ3v) is 1.94. The topological polar surface area (TPSA) is 34.2 Å². The second-order valence-corrected chi connectivity index (χ2v) is 3.95. The van der Waals surface area contributed by atoms with Crippen molar-refractivity contribution in [3.05, 3.63) is 23.9 Å². The van der Waals surface area contributed by atoms with E-state index >= 15 is 0 Å². The maximum Gasteiger partial charge on any atom is 0.131 e. The maximum absolute atomic E-state index is 5.59. The lowest BCUT2D eigenvalue weighted by atomic mass is 10.2. The van der Waals surface area contributed by atoms with E-state index in [1.54, 1.807) is 6.20 Å². The predicted molar refractivity (Wildman–Crippen MR) is 62.9 cm³/mol. The molecule has 0 aromatic carbocycles. The van der Waals surface area contributed by atoms with Crippen LogP contribution in [0, 0.1) is 5.92 Å². The quantitative estimate of drug-likeness (QED) is 0.780. The molecule has 3 heteroatoms. The number of nitrogens with zero attached hydrogens (tertiary/aromatic N) is 1. The summed E-state index contributed by atoms with van der Waals surface area (Å²) in [7, 11) is 0. The largest absolute Gasteiger partial charge is 0.376 e. The van der Waals surface area contributed by atoms with Crippen LogP contribution in [0.5, 0.6) is 0 Å². The van der Waals surface area contributed by atoms with Crippen LogP contribution < -0.4 is 5.32 Å². The van der Waals surface area contributed by atoms with Gasteiger partial charge in [0.15, 0.2) is 0 Å². The van der Waals surface area contributed by atoms with Crippen molar-refractivity contribution in [3.63, 3.8) is 0 Å². The van der Waals surface area contributed by atoms with Gasteiger partial charge in [-0.1, -0.05) is 19.9 Å². The van der Waals surface area contributed by atoms with Gasteiger partial charge in [0, 0.05) is 24.9 Å². The van der Waals surface area contributed by atoms with Gasteiger partial charge in [-0.15, -0.1) is 0 Å². The van der Waals surface area contributed by atoms with Gasteiger partial charge in [0.25, 0.3) is 0 Å². The molecule has 1 N–H and O–H groups in total. The minimum absolute atomic E-state index is 0.573. The summed E-state index contributed by atoms with van der Waals surface area (Å²) in [6.07, 6.45) is 1.80. The van der Waals surface area contributed by atoms with Crippen molar-refractivity contribution in [1.29, 1.82) is 0 Å². The summed E-state index contributed by atoms with van der Waals surface area (Å²) in [4.78, 5) is 4.28. The molecular formula is C12H20N2O. The van der Waals surface area contributed by atoms with Gasteiger partial charge in [0.05, 0.1) is 6.61 Å². The number of aromatic nitrogens is 1. The molecule has 0 aliphatic heterocycles. The van der Waals surface area contributed by atoms with Crippen LogP contribution in [0.2, 0.25) is 0 Å². The molecule has 0 aliphatic rings. The van der Waals surface area contributed by atoms with Crippen LogP contribution in [-0.2, 0) is 11.3 Å². The Morgan fingerprint density at radius 3 is 2.93 bits per heavy atom. The number of hydrogen-bond acceptors (Lipinski definition) is 3. The summed E-state index contributed by atoms with van der Waals surface area (Å²) in [5.74, 6) is 1.51. The Bertz CT molecular complexity index is 287. The molecule has 0 amide bonds. The summed E-state index contributed by atoms with van der Waals surface area (Å²) in [5, 5.41) is 3.22. The number of rotatable bonds is 6. The van der Waals surface area contributed by atoms with E-state index < -0.39 is 0 Å². The van der Waals surface area contributed by atoms with Gasteiger partial charge in [-0.2, -0.15) is 0 Å². The molecule has 1 aromatic rings. The molecule has 0 saturated carbocycles. The second kappa shape index (κ2) is 6.40. The first-order valence-corrected chi connectivity index (χ1v) is 5.49. The highest BCUT2D eigenvalue weighted by atomic mass is 16.5. The van der Waals surface area contributed by atoms with E-state index in [0.29, 0.717) is 12.5 Å². The van der Waals surface area contributed by atoms with Crippen LogP contribution in [-0.4, -0.2) is 18.1 Å².